The zero-order valence-corrected chi connectivity index (χ0v) is 19.0. The Hall–Kier alpha value is -3.66. The molecule has 174 valence electrons. The van der Waals surface area contributed by atoms with Gasteiger partial charge in [0.15, 0.2) is 17.5 Å². The lowest BCUT2D eigenvalue weighted by Crippen LogP contribution is -2.12. The van der Waals surface area contributed by atoms with Crippen molar-refractivity contribution in [1.29, 1.82) is 0 Å². The molecule has 0 spiro atoms. The van der Waals surface area contributed by atoms with Gasteiger partial charge in [0.1, 0.15) is 18.2 Å². The summed E-state index contributed by atoms with van der Waals surface area (Å²) in [6, 6.07) is 14.5. The van der Waals surface area contributed by atoms with Gasteiger partial charge in [-0.3, -0.25) is 9.48 Å². The van der Waals surface area contributed by atoms with Crippen molar-refractivity contribution in [2.75, 3.05) is 5.32 Å². The minimum Gasteiger partial charge on any atom is -0.488 e. The molecule has 0 aliphatic heterocycles. The van der Waals surface area contributed by atoms with E-state index in [4.69, 9.17) is 4.74 Å². The molecule has 3 aromatic carbocycles. The average Bonchev–Trinajstić information content (AvgIpc) is 3.27. The fourth-order valence-electron chi connectivity index (χ4n) is 3.15. The second-order valence-corrected chi connectivity index (χ2v) is 8.10. The molecule has 0 saturated carbocycles. The first-order valence-corrected chi connectivity index (χ1v) is 10.7. The Bertz CT molecular complexity index is 1360. The fourth-order valence-corrected chi connectivity index (χ4v) is 3.55. The molecular formula is C24H16BrF4N3O2. The molecule has 4 aromatic rings. The van der Waals surface area contributed by atoms with Gasteiger partial charge in [0.05, 0.1) is 22.9 Å². The largest absolute Gasteiger partial charge is 0.488 e. The number of carbonyl (C=O) groups excluding carboxylic acids is 1. The summed E-state index contributed by atoms with van der Waals surface area (Å²) in [4.78, 5) is 12.6. The number of nitrogens with zero attached hydrogens (tertiary/aromatic N) is 2. The van der Waals surface area contributed by atoms with Gasteiger partial charge in [-0.25, -0.2) is 17.6 Å². The molecule has 34 heavy (non-hydrogen) atoms. The first-order chi connectivity index (χ1) is 16.3. The van der Waals surface area contributed by atoms with Crippen LogP contribution in [0.2, 0.25) is 0 Å². The highest BCUT2D eigenvalue weighted by Gasteiger charge is 2.19. The summed E-state index contributed by atoms with van der Waals surface area (Å²) >= 11 is 3.41. The van der Waals surface area contributed by atoms with Gasteiger partial charge >= 0.3 is 0 Å². The van der Waals surface area contributed by atoms with E-state index in [-0.39, 0.29) is 18.4 Å². The van der Waals surface area contributed by atoms with E-state index < -0.39 is 41.3 Å². The van der Waals surface area contributed by atoms with Crippen LogP contribution in [0.25, 0.3) is 0 Å². The number of hydrogen-bond donors (Lipinski definition) is 1. The highest BCUT2D eigenvalue weighted by molar-refractivity contribution is 9.10. The number of carbonyl (C=O) groups is 1. The van der Waals surface area contributed by atoms with E-state index in [9.17, 15) is 22.4 Å². The van der Waals surface area contributed by atoms with E-state index >= 15 is 0 Å². The third kappa shape index (κ3) is 5.28. The Labute approximate surface area is 200 Å². The molecule has 10 heteroatoms. The molecule has 1 aromatic heterocycles. The number of halogens is 5. The minimum atomic E-state index is -1.76. The van der Waals surface area contributed by atoms with Crippen LogP contribution >= 0.6 is 15.9 Å². The second kappa shape index (κ2) is 10.1. The monoisotopic (exact) mass is 533 g/mol. The van der Waals surface area contributed by atoms with E-state index in [1.807, 2.05) is 30.3 Å². The number of rotatable bonds is 7. The van der Waals surface area contributed by atoms with Crippen LogP contribution in [0.3, 0.4) is 0 Å². The van der Waals surface area contributed by atoms with Crippen LogP contribution in [0, 0.1) is 23.3 Å². The molecular weight excluding hydrogens is 518 g/mol. The first kappa shape index (κ1) is 23.5. The van der Waals surface area contributed by atoms with E-state index in [2.05, 4.69) is 26.3 Å². The van der Waals surface area contributed by atoms with Crippen molar-refractivity contribution in [2.45, 2.75) is 13.2 Å². The number of benzene rings is 3. The van der Waals surface area contributed by atoms with Crippen LogP contribution in [-0.2, 0) is 13.2 Å². The molecule has 1 heterocycles. The number of nitrogens with one attached hydrogen (secondary N) is 1. The van der Waals surface area contributed by atoms with Crippen molar-refractivity contribution in [2.24, 2.45) is 0 Å². The molecule has 0 unspecified atom stereocenters. The van der Waals surface area contributed by atoms with Crippen LogP contribution in [0.15, 0.2) is 71.5 Å². The zero-order valence-electron chi connectivity index (χ0n) is 17.4. The summed E-state index contributed by atoms with van der Waals surface area (Å²) < 4.78 is 62.0. The molecule has 4 rings (SSSR count). The number of aromatic nitrogens is 2. The quantitative estimate of drug-likeness (QED) is 0.178. The number of ether oxygens (including phenoxy) is 1. The lowest BCUT2D eigenvalue weighted by molar-refractivity contribution is 0.102. The molecule has 1 amide bonds. The number of hydrogen-bond acceptors (Lipinski definition) is 3. The van der Waals surface area contributed by atoms with Gasteiger partial charge in [-0.15, -0.1) is 0 Å². The topological polar surface area (TPSA) is 56.2 Å². The van der Waals surface area contributed by atoms with E-state index in [0.29, 0.717) is 11.3 Å². The summed E-state index contributed by atoms with van der Waals surface area (Å²) in [6.07, 6.45) is 2.59. The van der Waals surface area contributed by atoms with Crippen molar-refractivity contribution in [3.63, 3.8) is 0 Å². The standard InChI is InChI=1S/C24H16BrF4N3O2/c25-18-6-1-2-7-21(18)34-13-14-4-3-5-15(8-14)24(33)31-16-10-30-32(11-16)12-17-19(26)9-20(27)23(29)22(17)28/h1-11H,12-13H2,(H,31,33). The summed E-state index contributed by atoms with van der Waals surface area (Å²) in [6.45, 7) is -0.250. The molecule has 1 N–H and O–H groups in total. The van der Waals surface area contributed by atoms with Gasteiger partial charge in [-0.05, 0) is 45.8 Å². The fraction of sp³-hybridized carbons (Fsp3) is 0.0833. The van der Waals surface area contributed by atoms with Crippen LogP contribution in [0.5, 0.6) is 5.75 Å². The van der Waals surface area contributed by atoms with E-state index in [1.54, 1.807) is 18.2 Å². The lowest BCUT2D eigenvalue weighted by Gasteiger charge is -2.09. The van der Waals surface area contributed by atoms with Crippen molar-refractivity contribution in [3.8, 4) is 5.75 Å². The lowest BCUT2D eigenvalue weighted by atomic mass is 10.1. The maximum absolute atomic E-state index is 13.9. The summed E-state index contributed by atoms with van der Waals surface area (Å²) in [7, 11) is 0. The van der Waals surface area contributed by atoms with Gasteiger partial charge in [0, 0.05) is 23.4 Å². The van der Waals surface area contributed by atoms with Crippen molar-refractivity contribution < 1.29 is 27.1 Å². The van der Waals surface area contributed by atoms with Gasteiger partial charge in [-0.2, -0.15) is 5.10 Å². The van der Waals surface area contributed by atoms with Crippen LogP contribution in [-0.4, -0.2) is 15.7 Å². The average molecular weight is 534 g/mol. The minimum absolute atomic E-state index is 0.243. The Morgan fingerprint density at radius 2 is 1.79 bits per heavy atom. The Balaban J connectivity index is 1.42. The van der Waals surface area contributed by atoms with Crippen molar-refractivity contribution in [1.82, 2.24) is 9.78 Å². The van der Waals surface area contributed by atoms with Crippen LogP contribution < -0.4 is 10.1 Å². The molecule has 0 radical (unpaired) electrons. The highest BCUT2D eigenvalue weighted by atomic mass is 79.9. The predicted octanol–water partition coefficient (Wildman–Crippen LogP) is 6.08. The Morgan fingerprint density at radius 1 is 1.00 bits per heavy atom. The summed E-state index contributed by atoms with van der Waals surface area (Å²) in [5, 5.41) is 6.54. The van der Waals surface area contributed by atoms with Gasteiger partial charge < -0.3 is 10.1 Å². The molecule has 0 fully saturated rings. The molecule has 0 atom stereocenters. The summed E-state index contributed by atoms with van der Waals surface area (Å²) in [5.74, 6) is -6.01. The highest BCUT2D eigenvalue weighted by Crippen LogP contribution is 2.25. The normalized spacial score (nSPS) is 10.9. The molecule has 0 aliphatic rings. The molecule has 0 saturated heterocycles. The Kier molecular flexibility index (Phi) is 6.97. The SMILES string of the molecule is O=C(Nc1cnn(Cc2c(F)cc(F)c(F)c2F)c1)c1cccc(COc2ccccc2Br)c1. The first-order valence-electron chi connectivity index (χ1n) is 9.93. The zero-order chi connectivity index (χ0) is 24.2. The smallest absolute Gasteiger partial charge is 0.255 e. The van der Waals surface area contributed by atoms with Gasteiger partial charge in [0.2, 0.25) is 0 Å². The third-order valence-electron chi connectivity index (χ3n) is 4.84. The number of anilines is 1. The van der Waals surface area contributed by atoms with Gasteiger partial charge in [0.25, 0.3) is 5.91 Å². The maximum Gasteiger partial charge on any atom is 0.255 e. The molecule has 0 bridgehead atoms. The predicted molar refractivity (Wildman–Crippen MR) is 120 cm³/mol. The van der Waals surface area contributed by atoms with Crippen molar-refractivity contribution >= 4 is 27.5 Å². The number of amides is 1. The number of para-hydroxylation sites is 1. The Morgan fingerprint density at radius 3 is 2.59 bits per heavy atom. The van der Waals surface area contributed by atoms with E-state index in [0.717, 1.165) is 14.7 Å². The van der Waals surface area contributed by atoms with Gasteiger partial charge in [-0.1, -0.05) is 24.3 Å². The van der Waals surface area contributed by atoms with Crippen LogP contribution in [0.1, 0.15) is 21.5 Å². The second-order valence-electron chi connectivity index (χ2n) is 7.25. The van der Waals surface area contributed by atoms with E-state index in [1.165, 1.54) is 12.4 Å². The maximum atomic E-state index is 13.9. The molecule has 5 nitrogen and oxygen atoms in total. The van der Waals surface area contributed by atoms with Crippen molar-refractivity contribution in [3.05, 3.63) is 111 Å². The molecule has 0 aliphatic carbocycles. The summed E-state index contributed by atoms with van der Waals surface area (Å²) in [5.41, 5.74) is 0.697. The van der Waals surface area contributed by atoms with Crippen LogP contribution in [0.4, 0.5) is 23.2 Å². The third-order valence-corrected chi connectivity index (χ3v) is 5.50.